The van der Waals surface area contributed by atoms with E-state index in [1.165, 1.54) is 5.56 Å². The van der Waals surface area contributed by atoms with Gasteiger partial charge in [-0.3, -0.25) is 0 Å². The summed E-state index contributed by atoms with van der Waals surface area (Å²) in [6.45, 7) is 9.49. The normalized spacial score (nSPS) is 21.6. The summed E-state index contributed by atoms with van der Waals surface area (Å²) < 4.78 is 5.60. The third kappa shape index (κ3) is 2.49. The van der Waals surface area contributed by atoms with Crippen molar-refractivity contribution >= 4 is 11.7 Å². The molecule has 3 heteroatoms. The molecule has 90 valence electrons. The van der Waals surface area contributed by atoms with E-state index in [0.29, 0.717) is 12.6 Å². The number of ether oxygens (including phenoxy) is 1. The lowest BCUT2D eigenvalue weighted by atomic mass is 10.2. The molecule has 2 rings (SSSR count). The van der Waals surface area contributed by atoms with Crippen molar-refractivity contribution < 1.29 is 4.74 Å². The van der Waals surface area contributed by atoms with Gasteiger partial charge in [-0.15, -0.1) is 6.58 Å². The number of likely N-dealkylation sites (N-methyl/N-ethyl adjacent to an activating group) is 1. The molecular weight excluding hydrogens is 212 g/mol. The molecule has 0 aromatic heterocycles. The van der Waals surface area contributed by atoms with Crippen LogP contribution in [0.15, 0.2) is 41.9 Å². The number of hydrogen-bond donors (Lipinski definition) is 0. The summed E-state index contributed by atoms with van der Waals surface area (Å²) in [5.74, 6) is 0. The van der Waals surface area contributed by atoms with Gasteiger partial charge in [-0.05, 0) is 26.0 Å². The van der Waals surface area contributed by atoms with Crippen LogP contribution in [-0.2, 0) is 4.74 Å². The van der Waals surface area contributed by atoms with Crippen LogP contribution in [0.5, 0.6) is 0 Å². The molecule has 0 aliphatic carbocycles. The largest absolute Gasteiger partial charge is 0.462 e. The van der Waals surface area contributed by atoms with Crippen molar-refractivity contribution in [3.63, 3.8) is 0 Å². The van der Waals surface area contributed by atoms with Gasteiger partial charge in [-0.1, -0.05) is 23.8 Å². The number of aliphatic imine (C=N–C) groups is 1. The van der Waals surface area contributed by atoms with Crippen molar-refractivity contribution in [2.75, 3.05) is 13.2 Å². The van der Waals surface area contributed by atoms with Crippen molar-refractivity contribution in [1.82, 2.24) is 4.90 Å². The summed E-state index contributed by atoms with van der Waals surface area (Å²) in [7, 11) is 0. The fourth-order valence-electron chi connectivity index (χ4n) is 1.87. The SMILES string of the molecule is C=CC1COC(=Nc2ccc(C)cc2)N1CC. The van der Waals surface area contributed by atoms with Crippen LogP contribution >= 0.6 is 0 Å². The maximum absolute atomic E-state index is 5.60. The first-order chi connectivity index (χ1) is 8.24. The van der Waals surface area contributed by atoms with Gasteiger partial charge in [0.15, 0.2) is 0 Å². The van der Waals surface area contributed by atoms with Crippen molar-refractivity contribution in [3.8, 4) is 0 Å². The second-order valence-electron chi connectivity index (χ2n) is 4.13. The number of nitrogens with zero attached hydrogens (tertiary/aromatic N) is 2. The molecule has 1 fully saturated rings. The lowest BCUT2D eigenvalue weighted by Crippen LogP contribution is -2.32. The predicted molar refractivity (Wildman–Crippen MR) is 70.6 cm³/mol. The molecule has 1 atom stereocenters. The van der Waals surface area contributed by atoms with Crippen molar-refractivity contribution in [2.24, 2.45) is 4.99 Å². The molecule has 0 amide bonds. The summed E-state index contributed by atoms with van der Waals surface area (Å²) in [4.78, 5) is 6.64. The van der Waals surface area contributed by atoms with Gasteiger partial charge in [0.05, 0.1) is 11.7 Å². The molecule has 17 heavy (non-hydrogen) atoms. The summed E-state index contributed by atoms with van der Waals surface area (Å²) in [5.41, 5.74) is 2.16. The lowest BCUT2D eigenvalue weighted by molar-refractivity contribution is 0.337. The molecule has 0 saturated carbocycles. The third-order valence-corrected chi connectivity index (χ3v) is 2.90. The van der Waals surface area contributed by atoms with Crippen molar-refractivity contribution in [2.45, 2.75) is 19.9 Å². The molecular formula is C14H18N2O. The highest BCUT2D eigenvalue weighted by Gasteiger charge is 2.27. The van der Waals surface area contributed by atoms with Crippen molar-refractivity contribution in [3.05, 3.63) is 42.5 Å². The van der Waals surface area contributed by atoms with Gasteiger partial charge < -0.3 is 9.64 Å². The summed E-state index contributed by atoms with van der Waals surface area (Å²) in [6.07, 6.45) is 1.90. The summed E-state index contributed by atoms with van der Waals surface area (Å²) >= 11 is 0. The molecule has 1 aromatic carbocycles. The van der Waals surface area contributed by atoms with Crippen LogP contribution < -0.4 is 0 Å². The maximum Gasteiger partial charge on any atom is 0.293 e. The smallest absolute Gasteiger partial charge is 0.293 e. The van der Waals surface area contributed by atoms with E-state index < -0.39 is 0 Å². The van der Waals surface area contributed by atoms with Gasteiger partial charge in [0.25, 0.3) is 6.02 Å². The number of amidine groups is 1. The van der Waals surface area contributed by atoms with Gasteiger partial charge >= 0.3 is 0 Å². The Balaban J connectivity index is 2.21. The average Bonchev–Trinajstić information content (AvgIpc) is 2.74. The van der Waals surface area contributed by atoms with Crippen LogP contribution in [0.2, 0.25) is 0 Å². The zero-order chi connectivity index (χ0) is 12.3. The minimum atomic E-state index is 0.240. The molecule has 1 aromatic rings. The zero-order valence-electron chi connectivity index (χ0n) is 10.4. The monoisotopic (exact) mass is 230 g/mol. The highest BCUT2D eigenvalue weighted by atomic mass is 16.5. The van der Waals surface area contributed by atoms with E-state index in [1.54, 1.807) is 0 Å². The number of benzene rings is 1. The Labute approximate surface area is 102 Å². The standard InChI is InChI=1S/C14H18N2O/c1-4-13-10-17-14(16(13)5-2)15-12-8-6-11(3)7-9-12/h4,6-9,13H,1,5,10H2,2-3H3. The fraction of sp³-hybridized carbons (Fsp3) is 0.357. The Bertz CT molecular complexity index is 422. The Morgan fingerprint density at radius 3 is 2.76 bits per heavy atom. The van der Waals surface area contributed by atoms with Crippen LogP contribution in [0.25, 0.3) is 0 Å². The highest BCUT2D eigenvalue weighted by molar-refractivity contribution is 5.79. The molecule has 1 saturated heterocycles. The molecule has 1 aliphatic rings. The van der Waals surface area contributed by atoms with E-state index in [-0.39, 0.29) is 6.04 Å². The molecule has 1 heterocycles. The van der Waals surface area contributed by atoms with Gasteiger partial charge in [0.2, 0.25) is 0 Å². The first-order valence-corrected chi connectivity index (χ1v) is 5.92. The van der Waals surface area contributed by atoms with E-state index in [0.717, 1.165) is 12.2 Å². The second kappa shape index (κ2) is 5.04. The van der Waals surface area contributed by atoms with Gasteiger partial charge in [-0.2, -0.15) is 4.99 Å². The first kappa shape index (κ1) is 11.7. The number of aryl methyl sites for hydroxylation is 1. The molecule has 0 spiro atoms. The van der Waals surface area contributed by atoms with Crippen LogP contribution in [-0.4, -0.2) is 30.1 Å². The van der Waals surface area contributed by atoms with Gasteiger partial charge in [-0.25, -0.2) is 0 Å². The topological polar surface area (TPSA) is 24.8 Å². The third-order valence-electron chi connectivity index (χ3n) is 2.90. The van der Waals surface area contributed by atoms with Crippen molar-refractivity contribution in [1.29, 1.82) is 0 Å². The van der Waals surface area contributed by atoms with Gasteiger partial charge in [0, 0.05) is 6.54 Å². The number of hydrogen-bond acceptors (Lipinski definition) is 2. The van der Waals surface area contributed by atoms with Crippen LogP contribution in [0.4, 0.5) is 5.69 Å². The number of rotatable bonds is 3. The molecule has 3 nitrogen and oxygen atoms in total. The molecule has 1 aliphatic heterocycles. The summed E-state index contributed by atoms with van der Waals surface area (Å²) in [6, 6.07) is 9.04. The molecule has 0 N–H and O–H groups in total. The van der Waals surface area contributed by atoms with Crippen LogP contribution in [0, 0.1) is 6.92 Å². The maximum atomic E-state index is 5.60. The first-order valence-electron chi connectivity index (χ1n) is 5.92. The fourth-order valence-corrected chi connectivity index (χ4v) is 1.87. The van der Waals surface area contributed by atoms with E-state index in [4.69, 9.17) is 4.74 Å². The van der Waals surface area contributed by atoms with Crippen LogP contribution in [0.1, 0.15) is 12.5 Å². The van der Waals surface area contributed by atoms with E-state index >= 15 is 0 Å². The van der Waals surface area contributed by atoms with E-state index in [2.05, 4.69) is 42.5 Å². The summed E-state index contributed by atoms with van der Waals surface area (Å²) in [5, 5.41) is 0. The van der Waals surface area contributed by atoms with E-state index in [9.17, 15) is 0 Å². The minimum Gasteiger partial charge on any atom is -0.462 e. The Morgan fingerprint density at radius 2 is 2.18 bits per heavy atom. The second-order valence-corrected chi connectivity index (χ2v) is 4.13. The molecule has 1 unspecified atom stereocenters. The predicted octanol–water partition coefficient (Wildman–Crippen LogP) is 2.89. The highest BCUT2D eigenvalue weighted by Crippen LogP contribution is 2.18. The molecule has 0 radical (unpaired) electrons. The Morgan fingerprint density at radius 1 is 1.47 bits per heavy atom. The van der Waals surface area contributed by atoms with E-state index in [1.807, 2.05) is 18.2 Å². The Kier molecular flexibility index (Phi) is 3.47. The Hall–Kier alpha value is -1.77. The molecule has 0 bridgehead atoms. The average molecular weight is 230 g/mol. The lowest BCUT2D eigenvalue weighted by Gasteiger charge is -2.18. The quantitative estimate of drug-likeness (QED) is 0.746. The van der Waals surface area contributed by atoms with Crippen LogP contribution in [0.3, 0.4) is 0 Å². The zero-order valence-corrected chi connectivity index (χ0v) is 10.4. The van der Waals surface area contributed by atoms with Gasteiger partial charge in [0.1, 0.15) is 6.61 Å². The minimum absolute atomic E-state index is 0.240.